The number of piperidine rings is 1. The maximum absolute atomic E-state index is 14.2. The lowest BCUT2D eigenvalue weighted by Crippen LogP contribution is -2.61. The lowest BCUT2D eigenvalue weighted by Gasteiger charge is -2.62. The van der Waals surface area contributed by atoms with E-state index in [0.29, 0.717) is 17.7 Å². The molecule has 2 aliphatic heterocycles. The number of nitrogens with one attached hydrogen (secondary N) is 1. The second kappa shape index (κ2) is 7.23. The van der Waals surface area contributed by atoms with E-state index >= 15 is 0 Å². The Labute approximate surface area is 191 Å². The fraction of sp³-hybridized carbons (Fsp3) is 0.704. The van der Waals surface area contributed by atoms with Crippen LogP contribution < -0.4 is 5.32 Å². The number of amides is 3. The summed E-state index contributed by atoms with van der Waals surface area (Å²) in [6, 6.07) is 7.29. The van der Waals surface area contributed by atoms with E-state index in [1.54, 1.807) is 0 Å². The van der Waals surface area contributed by atoms with Gasteiger partial charge in [0, 0.05) is 26.2 Å². The van der Waals surface area contributed by atoms with Gasteiger partial charge in [0.05, 0.1) is 11.5 Å². The Kier molecular flexibility index (Phi) is 4.64. The predicted octanol–water partition coefficient (Wildman–Crippen LogP) is 4.16. The van der Waals surface area contributed by atoms with Crippen molar-refractivity contribution >= 4 is 11.9 Å². The molecule has 0 radical (unpaired) electrons. The van der Waals surface area contributed by atoms with Gasteiger partial charge in [-0.3, -0.25) is 4.79 Å². The Morgan fingerprint density at radius 2 is 1.84 bits per heavy atom. The molecule has 6 aliphatic rings. The Morgan fingerprint density at radius 1 is 1.06 bits per heavy atom. The van der Waals surface area contributed by atoms with Gasteiger partial charge >= 0.3 is 6.03 Å². The van der Waals surface area contributed by atoms with Crippen molar-refractivity contribution in [2.75, 3.05) is 26.2 Å². The van der Waals surface area contributed by atoms with Crippen LogP contribution in [0.4, 0.5) is 4.79 Å². The van der Waals surface area contributed by atoms with Gasteiger partial charge in [0.2, 0.25) is 5.91 Å². The molecule has 3 unspecified atom stereocenters. The van der Waals surface area contributed by atoms with Crippen LogP contribution in [-0.2, 0) is 10.2 Å². The number of hydrogen-bond donors (Lipinski definition) is 1. The number of nitrogens with zero attached hydrogens (tertiary/aromatic N) is 2. The second-order valence-corrected chi connectivity index (χ2v) is 11.8. The highest BCUT2D eigenvalue weighted by Crippen LogP contribution is 2.66. The molecule has 3 atom stereocenters. The van der Waals surface area contributed by atoms with Crippen LogP contribution in [0, 0.1) is 31.1 Å². The predicted molar refractivity (Wildman–Crippen MR) is 124 cm³/mol. The van der Waals surface area contributed by atoms with Crippen molar-refractivity contribution < 1.29 is 9.59 Å². The van der Waals surface area contributed by atoms with E-state index in [1.807, 2.05) is 4.90 Å². The maximum atomic E-state index is 14.2. The van der Waals surface area contributed by atoms with Crippen molar-refractivity contribution in [2.45, 2.75) is 76.7 Å². The Morgan fingerprint density at radius 3 is 2.53 bits per heavy atom. The van der Waals surface area contributed by atoms with Gasteiger partial charge in [-0.15, -0.1) is 0 Å². The van der Waals surface area contributed by atoms with E-state index in [4.69, 9.17) is 0 Å². The van der Waals surface area contributed by atoms with Crippen LogP contribution in [0.1, 0.15) is 68.1 Å². The van der Waals surface area contributed by atoms with E-state index < -0.39 is 0 Å². The van der Waals surface area contributed by atoms with Gasteiger partial charge < -0.3 is 15.1 Å². The van der Waals surface area contributed by atoms with Crippen molar-refractivity contribution in [3.63, 3.8) is 0 Å². The van der Waals surface area contributed by atoms with Gasteiger partial charge in [-0.1, -0.05) is 18.2 Å². The summed E-state index contributed by atoms with van der Waals surface area (Å²) in [7, 11) is 0. The smallest absolute Gasteiger partial charge is 0.317 e. The van der Waals surface area contributed by atoms with E-state index in [0.717, 1.165) is 58.3 Å². The third kappa shape index (κ3) is 3.10. The van der Waals surface area contributed by atoms with Crippen LogP contribution in [0.25, 0.3) is 0 Å². The number of hydrogen-bond acceptors (Lipinski definition) is 2. The van der Waals surface area contributed by atoms with Crippen LogP contribution in [0.15, 0.2) is 18.2 Å². The van der Waals surface area contributed by atoms with Crippen molar-refractivity contribution in [1.82, 2.24) is 15.1 Å². The molecule has 0 spiro atoms. The normalized spacial score (nSPS) is 38.3. The summed E-state index contributed by atoms with van der Waals surface area (Å²) in [6.07, 6.45) is 9.06. The zero-order chi connectivity index (χ0) is 22.1. The molecule has 1 aromatic carbocycles. The second-order valence-electron chi connectivity index (χ2n) is 11.8. The van der Waals surface area contributed by atoms with Crippen LogP contribution in [0.5, 0.6) is 0 Å². The van der Waals surface area contributed by atoms with Crippen LogP contribution in [0.2, 0.25) is 0 Å². The third-order valence-electron chi connectivity index (χ3n) is 9.65. The highest BCUT2D eigenvalue weighted by molar-refractivity contribution is 5.84. The molecule has 1 N–H and O–H groups in total. The number of rotatable bonds is 3. The first-order chi connectivity index (χ1) is 15.4. The fourth-order valence-electron chi connectivity index (χ4n) is 8.49. The molecule has 1 aromatic rings. The highest BCUT2D eigenvalue weighted by Gasteiger charge is 2.61. The zero-order valence-corrected chi connectivity index (χ0v) is 19.7. The maximum Gasteiger partial charge on any atom is 0.317 e. The molecule has 2 saturated heterocycles. The number of urea groups is 1. The summed E-state index contributed by atoms with van der Waals surface area (Å²) in [5.74, 6) is 1.78. The van der Waals surface area contributed by atoms with Crippen molar-refractivity contribution in [1.29, 1.82) is 0 Å². The molecule has 172 valence electrons. The Bertz CT molecular complexity index is 942. The summed E-state index contributed by atoms with van der Waals surface area (Å²) in [5, 5.41) is 2.93. The topological polar surface area (TPSA) is 52.7 Å². The van der Waals surface area contributed by atoms with Gasteiger partial charge in [-0.05, 0) is 99.2 Å². The van der Waals surface area contributed by atoms with Gasteiger partial charge in [-0.25, -0.2) is 4.79 Å². The molecular formula is C27H37N3O2. The molecule has 4 saturated carbocycles. The van der Waals surface area contributed by atoms with Crippen molar-refractivity contribution in [2.24, 2.45) is 17.3 Å². The van der Waals surface area contributed by atoms with Gasteiger partial charge in [0.15, 0.2) is 0 Å². The molecule has 5 heteroatoms. The molecule has 0 aromatic heterocycles. The van der Waals surface area contributed by atoms with E-state index in [2.05, 4.69) is 42.3 Å². The number of aryl methyl sites for hydroxylation is 2. The summed E-state index contributed by atoms with van der Waals surface area (Å²) >= 11 is 0. The molecule has 7 rings (SSSR count). The van der Waals surface area contributed by atoms with Crippen molar-refractivity contribution in [3.8, 4) is 0 Å². The summed E-state index contributed by atoms with van der Waals surface area (Å²) in [5.41, 5.74) is 4.22. The zero-order valence-electron chi connectivity index (χ0n) is 19.7. The van der Waals surface area contributed by atoms with E-state index in [9.17, 15) is 9.59 Å². The first-order valence-electron chi connectivity index (χ1n) is 12.8. The van der Waals surface area contributed by atoms with Gasteiger partial charge in [-0.2, -0.15) is 0 Å². The lowest BCUT2D eigenvalue weighted by atomic mass is 9.42. The Hall–Kier alpha value is -2.04. The molecular weight excluding hydrogens is 398 g/mol. The summed E-state index contributed by atoms with van der Waals surface area (Å²) < 4.78 is 0. The van der Waals surface area contributed by atoms with E-state index in [1.165, 1.54) is 36.0 Å². The lowest BCUT2D eigenvalue weighted by molar-refractivity contribution is -0.162. The summed E-state index contributed by atoms with van der Waals surface area (Å²) in [4.78, 5) is 30.6. The SMILES string of the molecule is Cc1ccc(C23CC4CC(CC(C(=O)N5CCCC(N6CCNC6=O)C5)(C4)C2)C3)cc1C. The first kappa shape index (κ1) is 20.6. The molecule has 4 aliphatic carbocycles. The van der Waals surface area contributed by atoms with Gasteiger partial charge in [0.25, 0.3) is 0 Å². The van der Waals surface area contributed by atoms with Crippen LogP contribution in [0.3, 0.4) is 0 Å². The molecule has 3 amide bonds. The average molecular weight is 436 g/mol. The average Bonchev–Trinajstić information content (AvgIpc) is 3.20. The molecule has 6 fully saturated rings. The quantitative estimate of drug-likeness (QED) is 0.775. The number of carbonyl (C=O) groups excluding carboxylic acids is 2. The van der Waals surface area contributed by atoms with Crippen LogP contribution in [-0.4, -0.2) is 54.0 Å². The molecule has 32 heavy (non-hydrogen) atoms. The molecule has 2 heterocycles. The summed E-state index contributed by atoms with van der Waals surface area (Å²) in [6.45, 7) is 7.50. The Balaban J connectivity index is 1.28. The first-order valence-corrected chi connectivity index (χ1v) is 12.8. The number of benzene rings is 1. The standard InChI is InChI=1S/C27H37N3O2/c1-18-5-6-22(10-19(18)2)26-12-20-11-21(13-26)15-27(14-20,17-26)24(31)29-8-3-4-23(16-29)30-9-7-28-25(30)32/h5-6,10,20-21,23H,3-4,7-9,11-17H2,1-2H3,(H,28,32). The monoisotopic (exact) mass is 435 g/mol. The largest absolute Gasteiger partial charge is 0.340 e. The van der Waals surface area contributed by atoms with Crippen molar-refractivity contribution in [3.05, 3.63) is 34.9 Å². The minimum Gasteiger partial charge on any atom is -0.340 e. The van der Waals surface area contributed by atoms with Gasteiger partial charge in [0.1, 0.15) is 0 Å². The highest BCUT2D eigenvalue weighted by atomic mass is 16.2. The minimum absolute atomic E-state index is 0.0489. The molecule has 5 nitrogen and oxygen atoms in total. The fourth-order valence-corrected chi connectivity index (χ4v) is 8.49. The van der Waals surface area contributed by atoms with E-state index in [-0.39, 0.29) is 22.9 Å². The molecule has 4 bridgehead atoms. The number of likely N-dealkylation sites (tertiary alicyclic amines) is 1. The number of carbonyl (C=O) groups is 2. The third-order valence-corrected chi connectivity index (χ3v) is 9.65. The minimum atomic E-state index is -0.183. The van der Waals surface area contributed by atoms with Crippen LogP contribution >= 0.6 is 0 Å².